The van der Waals surface area contributed by atoms with Crippen molar-refractivity contribution >= 4 is 40.7 Å². The second-order valence-corrected chi connectivity index (χ2v) is 10.5. The van der Waals surface area contributed by atoms with Crippen molar-refractivity contribution in [3.05, 3.63) is 33.1 Å². The van der Waals surface area contributed by atoms with E-state index < -0.39 is 26.6 Å². The van der Waals surface area contributed by atoms with Crippen molar-refractivity contribution in [2.24, 2.45) is 23.2 Å². The highest BCUT2D eigenvalue weighted by Crippen LogP contribution is 2.60. The number of aromatic nitrogens is 2. The SMILES string of the molecule is O=C(N[C@@H](n1ccc(=O)[nH]c1=O)C(Cl)(Cl)Cl)C12CC3CC(CC(C3)C1)C2. The Morgan fingerprint density at radius 1 is 1.15 bits per heavy atom. The normalized spacial score (nSPS) is 33.9. The van der Waals surface area contributed by atoms with Crippen LogP contribution in [0.4, 0.5) is 0 Å². The van der Waals surface area contributed by atoms with Crippen LogP contribution in [-0.2, 0) is 4.79 Å². The first-order valence-corrected chi connectivity index (χ1v) is 9.99. The monoisotopic (exact) mass is 419 g/mol. The number of carbonyl (C=O) groups is 1. The Bertz CT molecular complexity index is 807. The summed E-state index contributed by atoms with van der Waals surface area (Å²) in [4.78, 5) is 38.8. The van der Waals surface area contributed by atoms with Gasteiger partial charge in [-0.25, -0.2) is 4.79 Å². The average molecular weight is 421 g/mol. The van der Waals surface area contributed by atoms with Crippen LogP contribution >= 0.6 is 34.8 Å². The van der Waals surface area contributed by atoms with Gasteiger partial charge in [0.1, 0.15) is 0 Å². The molecule has 4 aliphatic carbocycles. The van der Waals surface area contributed by atoms with Crippen molar-refractivity contribution in [2.75, 3.05) is 0 Å². The van der Waals surface area contributed by atoms with E-state index in [1.807, 2.05) is 0 Å². The minimum atomic E-state index is -1.94. The van der Waals surface area contributed by atoms with Gasteiger partial charge in [0.05, 0.1) is 5.41 Å². The first-order valence-electron chi connectivity index (χ1n) is 8.85. The molecule has 0 aromatic carbocycles. The third kappa shape index (κ3) is 3.20. The van der Waals surface area contributed by atoms with Crippen LogP contribution in [0.3, 0.4) is 0 Å². The van der Waals surface area contributed by atoms with Gasteiger partial charge in [-0.2, -0.15) is 0 Å². The van der Waals surface area contributed by atoms with E-state index in [-0.39, 0.29) is 5.91 Å². The first kappa shape index (κ1) is 18.4. The maximum Gasteiger partial charge on any atom is 0.330 e. The molecule has 0 aliphatic heterocycles. The fraction of sp³-hybridized carbons (Fsp3) is 0.706. The summed E-state index contributed by atoms with van der Waals surface area (Å²) in [6, 6.07) is 1.15. The van der Waals surface area contributed by atoms with Crippen molar-refractivity contribution in [3.63, 3.8) is 0 Å². The zero-order valence-electron chi connectivity index (χ0n) is 14.0. The van der Waals surface area contributed by atoms with E-state index in [0.717, 1.165) is 29.9 Å². The fourth-order valence-electron chi connectivity index (χ4n) is 5.61. The number of amides is 1. The lowest BCUT2D eigenvalue weighted by Gasteiger charge is -2.56. The Morgan fingerprint density at radius 3 is 2.15 bits per heavy atom. The number of halogens is 3. The lowest BCUT2D eigenvalue weighted by atomic mass is 9.49. The molecule has 26 heavy (non-hydrogen) atoms. The van der Waals surface area contributed by atoms with E-state index in [2.05, 4.69) is 10.3 Å². The molecule has 0 unspecified atom stereocenters. The molecule has 2 N–H and O–H groups in total. The lowest BCUT2D eigenvalue weighted by molar-refractivity contribution is -0.147. The summed E-state index contributed by atoms with van der Waals surface area (Å²) in [7, 11) is 0. The highest BCUT2D eigenvalue weighted by Gasteiger charge is 2.55. The maximum atomic E-state index is 13.2. The standard InChI is InChI=1S/C17H20Cl3N3O3/c18-17(19,20)13(23-2-1-12(24)21-15(23)26)22-14(25)16-6-9-3-10(7-16)5-11(4-9)8-16/h1-2,9-11,13H,3-8H2,(H,22,25)(H,21,24,26)/t9?,10?,11?,13-,16?/m0/s1. The summed E-state index contributed by atoms with van der Waals surface area (Å²) in [5, 5.41) is 2.80. The van der Waals surface area contributed by atoms with Crippen LogP contribution in [0.2, 0.25) is 0 Å². The van der Waals surface area contributed by atoms with Crippen molar-refractivity contribution in [2.45, 2.75) is 48.5 Å². The highest BCUT2D eigenvalue weighted by molar-refractivity contribution is 6.67. The van der Waals surface area contributed by atoms with Crippen LogP contribution < -0.4 is 16.6 Å². The Kier molecular flexibility index (Phi) is 4.44. The van der Waals surface area contributed by atoms with Gasteiger partial charge in [0.15, 0.2) is 6.17 Å². The topological polar surface area (TPSA) is 84.0 Å². The van der Waals surface area contributed by atoms with E-state index in [4.69, 9.17) is 34.8 Å². The third-order valence-corrected chi connectivity index (χ3v) is 6.85. The number of alkyl halides is 3. The highest BCUT2D eigenvalue weighted by atomic mass is 35.6. The molecular formula is C17H20Cl3N3O3. The molecule has 1 atom stereocenters. The third-order valence-electron chi connectivity index (χ3n) is 6.23. The minimum Gasteiger partial charge on any atom is -0.331 e. The minimum absolute atomic E-state index is 0.161. The Labute approximate surface area is 165 Å². The van der Waals surface area contributed by atoms with E-state index in [0.29, 0.717) is 17.8 Å². The molecular weight excluding hydrogens is 401 g/mol. The van der Waals surface area contributed by atoms with Gasteiger partial charge in [-0.05, 0) is 56.3 Å². The van der Waals surface area contributed by atoms with Crippen molar-refractivity contribution in [3.8, 4) is 0 Å². The molecule has 1 aromatic heterocycles. The molecule has 0 saturated heterocycles. The fourth-order valence-corrected chi connectivity index (χ4v) is 6.08. The Balaban J connectivity index is 1.63. The molecule has 142 valence electrons. The molecule has 6 nitrogen and oxygen atoms in total. The maximum absolute atomic E-state index is 13.2. The van der Waals surface area contributed by atoms with Crippen LogP contribution in [0.1, 0.15) is 44.7 Å². The van der Waals surface area contributed by atoms with Gasteiger partial charge in [0, 0.05) is 12.3 Å². The molecule has 1 heterocycles. The number of rotatable bonds is 3. The molecule has 0 radical (unpaired) electrons. The van der Waals surface area contributed by atoms with E-state index in [9.17, 15) is 14.4 Å². The number of carbonyl (C=O) groups excluding carboxylic acids is 1. The second-order valence-electron chi connectivity index (χ2n) is 8.13. The largest absolute Gasteiger partial charge is 0.331 e. The van der Waals surface area contributed by atoms with Gasteiger partial charge in [0.2, 0.25) is 9.70 Å². The number of hydrogen-bond donors (Lipinski definition) is 2. The van der Waals surface area contributed by atoms with Crippen LogP contribution in [0.25, 0.3) is 0 Å². The molecule has 1 amide bonds. The second kappa shape index (κ2) is 6.28. The van der Waals surface area contributed by atoms with Crippen LogP contribution in [-0.4, -0.2) is 19.3 Å². The van der Waals surface area contributed by atoms with Gasteiger partial charge in [-0.3, -0.25) is 19.1 Å². The van der Waals surface area contributed by atoms with Crippen LogP contribution in [0.15, 0.2) is 21.9 Å². The Hall–Kier alpha value is -0.980. The summed E-state index contributed by atoms with van der Waals surface area (Å²) < 4.78 is -0.896. The van der Waals surface area contributed by atoms with Gasteiger partial charge in [0.25, 0.3) is 5.56 Å². The van der Waals surface area contributed by atoms with E-state index in [1.54, 1.807) is 0 Å². The predicted octanol–water partition coefficient (Wildman–Crippen LogP) is 2.74. The first-order chi connectivity index (χ1) is 12.2. The van der Waals surface area contributed by atoms with Gasteiger partial charge >= 0.3 is 5.69 Å². The Morgan fingerprint density at radius 2 is 1.69 bits per heavy atom. The van der Waals surface area contributed by atoms with Crippen molar-refractivity contribution in [1.29, 1.82) is 0 Å². The number of H-pyrrole nitrogens is 1. The number of nitrogens with zero attached hydrogens (tertiary/aromatic N) is 1. The molecule has 5 rings (SSSR count). The molecule has 4 saturated carbocycles. The number of aromatic amines is 1. The molecule has 4 fully saturated rings. The quantitative estimate of drug-likeness (QED) is 0.738. The zero-order chi connectivity index (χ0) is 18.7. The van der Waals surface area contributed by atoms with Gasteiger partial charge in [-0.1, -0.05) is 34.8 Å². The summed E-state index contributed by atoms with van der Waals surface area (Å²) >= 11 is 18.2. The van der Waals surface area contributed by atoms with Crippen LogP contribution in [0.5, 0.6) is 0 Å². The predicted molar refractivity (Wildman–Crippen MR) is 99.4 cm³/mol. The lowest BCUT2D eigenvalue weighted by Crippen LogP contribution is -2.56. The van der Waals surface area contributed by atoms with Crippen molar-refractivity contribution < 1.29 is 4.79 Å². The smallest absolute Gasteiger partial charge is 0.330 e. The summed E-state index contributed by atoms with van der Waals surface area (Å²) in [6.45, 7) is 0. The summed E-state index contributed by atoms with van der Waals surface area (Å²) in [5.41, 5.74) is -1.73. The van der Waals surface area contributed by atoms with Crippen LogP contribution in [0, 0.1) is 23.2 Å². The van der Waals surface area contributed by atoms with Crippen molar-refractivity contribution in [1.82, 2.24) is 14.9 Å². The van der Waals surface area contributed by atoms with Gasteiger partial charge in [-0.15, -0.1) is 0 Å². The van der Waals surface area contributed by atoms with Gasteiger partial charge < -0.3 is 5.32 Å². The summed E-state index contributed by atoms with van der Waals surface area (Å²) in [5.74, 6) is 1.61. The summed E-state index contributed by atoms with van der Waals surface area (Å²) in [6.07, 6.45) is 6.23. The molecule has 9 heteroatoms. The van der Waals surface area contributed by atoms with E-state index in [1.165, 1.54) is 25.5 Å². The average Bonchev–Trinajstić information content (AvgIpc) is 2.50. The number of hydrogen-bond acceptors (Lipinski definition) is 3. The molecule has 0 spiro atoms. The number of nitrogens with one attached hydrogen (secondary N) is 2. The van der Waals surface area contributed by atoms with E-state index >= 15 is 0 Å². The molecule has 4 bridgehead atoms. The zero-order valence-corrected chi connectivity index (χ0v) is 16.3. The molecule has 4 aliphatic rings. The molecule has 1 aromatic rings.